The average molecular weight is 441 g/mol. The molecule has 0 radical (unpaired) electrons. The fraction of sp³-hybridized carbons (Fsp3) is 0. The minimum atomic E-state index is -0.237. The fourth-order valence-electron chi connectivity index (χ4n) is 2.51. The molecule has 2 heterocycles. The highest BCUT2D eigenvalue weighted by molar-refractivity contribution is 14.1. The fourth-order valence-corrected chi connectivity index (χ4v) is 3.07. The molecule has 4 aromatic rings. The monoisotopic (exact) mass is 441 g/mol. The van der Waals surface area contributed by atoms with Gasteiger partial charge in [0, 0.05) is 3.57 Å². The lowest BCUT2D eigenvalue weighted by Gasteiger charge is -2.07. The van der Waals surface area contributed by atoms with Crippen LogP contribution in [0.2, 0.25) is 0 Å². The summed E-state index contributed by atoms with van der Waals surface area (Å²) in [6.07, 6.45) is 3.19. The molecule has 4 rings (SSSR count). The van der Waals surface area contributed by atoms with Crippen LogP contribution < -0.4 is 5.56 Å². The van der Waals surface area contributed by atoms with E-state index in [9.17, 15) is 4.79 Å². The molecule has 0 bridgehead atoms. The zero-order chi connectivity index (χ0) is 17.2. The van der Waals surface area contributed by atoms with Gasteiger partial charge < -0.3 is 4.42 Å². The summed E-state index contributed by atoms with van der Waals surface area (Å²) < 4.78 is 7.81. The first kappa shape index (κ1) is 15.8. The predicted octanol–water partition coefficient (Wildman–Crippen LogP) is 4.14. The number of hydrogen-bond acceptors (Lipinski definition) is 4. The predicted molar refractivity (Wildman–Crippen MR) is 106 cm³/mol. The molecule has 0 N–H and O–H groups in total. The first-order valence-electron chi connectivity index (χ1n) is 7.58. The molecule has 0 aliphatic heterocycles. The summed E-state index contributed by atoms with van der Waals surface area (Å²) in [6.45, 7) is 0. The van der Waals surface area contributed by atoms with Gasteiger partial charge in [0.05, 0.1) is 23.4 Å². The number of halogens is 1. The largest absolute Gasteiger partial charge is 0.461 e. The van der Waals surface area contributed by atoms with Gasteiger partial charge in [-0.05, 0) is 64.6 Å². The molecule has 2 aromatic heterocycles. The summed E-state index contributed by atoms with van der Waals surface area (Å²) >= 11 is 2.24. The average Bonchev–Trinajstić information content (AvgIpc) is 3.15. The van der Waals surface area contributed by atoms with E-state index in [0.29, 0.717) is 22.5 Å². The number of rotatable bonds is 3. The molecule has 0 aliphatic rings. The Morgan fingerprint density at radius 1 is 1.08 bits per heavy atom. The van der Waals surface area contributed by atoms with Crippen LogP contribution in [0.5, 0.6) is 0 Å². The Labute approximate surface area is 156 Å². The van der Waals surface area contributed by atoms with Gasteiger partial charge in [0.15, 0.2) is 5.76 Å². The molecule has 0 saturated carbocycles. The van der Waals surface area contributed by atoms with Gasteiger partial charge in [0.2, 0.25) is 5.82 Å². The lowest BCUT2D eigenvalue weighted by atomic mass is 10.2. The van der Waals surface area contributed by atoms with E-state index in [-0.39, 0.29) is 5.56 Å². The first-order chi connectivity index (χ1) is 12.2. The van der Waals surface area contributed by atoms with Crippen LogP contribution >= 0.6 is 22.6 Å². The summed E-state index contributed by atoms with van der Waals surface area (Å²) in [6, 6.07) is 18.6. The third-order valence-corrected chi connectivity index (χ3v) is 4.34. The molecule has 0 unspecified atom stereocenters. The SMILES string of the molecule is O=c1c2ccccc2nc(-c2ccco2)n1N=Cc1cccc(I)c1. The van der Waals surface area contributed by atoms with Crippen molar-refractivity contribution in [2.45, 2.75) is 0 Å². The Hall–Kier alpha value is -2.74. The molecule has 0 aliphatic carbocycles. The van der Waals surface area contributed by atoms with E-state index in [1.807, 2.05) is 36.4 Å². The first-order valence-corrected chi connectivity index (χ1v) is 8.66. The molecule has 0 amide bonds. The molecule has 0 saturated heterocycles. The topological polar surface area (TPSA) is 60.4 Å². The Morgan fingerprint density at radius 2 is 1.96 bits per heavy atom. The Bertz CT molecular complexity index is 1130. The summed E-state index contributed by atoms with van der Waals surface area (Å²) in [4.78, 5) is 17.5. The van der Waals surface area contributed by atoms with E-state index in [1.165, 1.54) is 4.68 Å². The molecule has 0 spiro atoms. The number of benzene rings is 2. The van der Waals surface area contributed by atoms with Gasteiger partial charge in [-0.15, -0.1) is 0 Å². The second-order valence-corrected chi connectivity index (χ2v) is 6.59. The minimum absolute atomic E-state index is 0.237. The number of para-hydroxylation sites is 1. The second-order valence-electron chi connectivity index (χ2n) is 5.35. The maximum absolute atomic E-state index is 12.9. The van der Waals surface area contributed by atoms with Crippen LogP contribution in [-0.2, 0) is 0 Å². The highest BCUT2D eigenvalue weighted by Gasteiger charge is 2.14. The molecule has 122 valence electrons. The molecule has 25 heavy (non-hydrogen) atoms. The van der Waals surface area contributed by atoms with Gasteiger partial charge in [-0.25, -0.2) is 4.98 Å². The summed E-state index contributed by atoms with van der Waals surface area (Å²) in [5.74, 6) is 0.859. The minimum Gasteiger partial charge on any atom is -0.461 e. The number of nitrogens with zero attached hydrogens (tertiary/aromatic N) is 3. The van der Waals surface area contributed by atoms with Crippen molar-refractivity contribution >= 4 is 39.7 Å². The van der Waals surface area contributed by atoms with Crippen LogP contribution in [0.15, 0.2) is 81.2 Å². The van der Waals surface area contributed by atoms with Crippen LogP contribution in [0.25, 0.3) is 22.5 Å². The van der Waals surface area contributed by atoms with Crippen LogP contribution in [0.3, 0.4) is 0 Å². The number of fused-ring (bicyclic) bond motifs is 1. The molecule has 2 aromatic carbocycles. The van der Waals surface area contributed by atoms with Gasteiger partial charge >= 0.3 is 0 Å². The van der Waals surface area contributed by atoms with Crippen molar-refractivity contribution in [1.82, 2.24) is 9.66 Å². The van der Waals surface area contributed by atoms with E-state index < -0.39 is 0 Å². The van der Waals surface area contributed by atoms with E-state index in [4.69, 9.17) is 4.42 Å². The summed E-state index contributed by atoms with van der Waals surface area (Å²) in [5.41, 5.74) is 1.27. The Balaban J connectivity index is 1.93. The van der Waals surface area contributed by atoms with Crippen molar-refractivity contribution in [1.29, 1.82) is 0 Å². The molecule has 0 fully saturated rings. The van der Waals surface area contributed by atoms with Gasteiger partial charge in [-0.3, -0.25) is 4.79 Å². The van der Waals surface area contributed by atoms with Crippen molar-refractivity contribution in [2.75, 3.05) is 0 Å². The van der Waals surface area contributed by atoms with E-state index in [2.05, 4.69) is 32.7 Å². The normalized spacial score (nSPS) is 11.4. The van der Waals surface area contributed by atoms with E-state index in [0.717, 1.165) is 9.13 Å². The molecular weight excluding hydrogens is 429 g/mol. The summed E-state index contributed by atoms with van der Waals surface area (Å²) in [5, 5.41) is 4.89. The van der Waals surface area contributed by atoms with Crippen LogP contribution in [0.1, 0.15) is 5.56 Å². The zero-order valence-corrected chi connectivity index (χ0v) is 15.1. The van der Waals surface area contributed by atoms with Crippen molar-refractivity contribution in [2.24, 2.45) is 5.10 Å². The van der Waals surface area contributed by atoms with Crippen molar-refractivity contribution in [3.05, 3.63) is 86.4 Å². The standard InChI is InChI=1S/C19H12IN3O2/c20-14-6-3-5-13(11-14)12-21-23-18(17-9-4-10-25-17)22-16-8-2-1-7-15(16)19(23)24/h1-12H. The van der Waals surface area contributed by atoms with Crippen LogP contribution in [0, 0.1) is 3.57 Å². The van der Waals surface area contributed by atoms with E-state index >= 15 is 0 Å². The second kappa shape index (κ2) is 6.64. The van der Waals surface area contributed by atoms with Gasteiger partial charge in [-0.1, -0.05) is 24.3 Å². The quantitative estimate of drug-likeness (QED) is 0.355. The van der Waals surface area contributed by atoms with Gasteiger partial charge in [0.1, 0.15) is 0 Å². The third-order valence-electron chi connectivity index (χ3n) is 3.67. The number of aromatic nitrogens is 2. The number of furan rings is 1. The van der Waals surface area contributed by atoms with Crippen LogP contribution in [-0.4, -0.2) is 15.9 Å². The number of hydrogen-bond donors (Lipinski definition) is 0. The molecular formula is C19H12IN3O2. The Kier molecular flexibility index (Phi) is 4.19. The van der Waals surface area contributed by atoms with E-state index in [1.54, 1.807) is 36.7 Å². The summed E-state index contributed by atoms with van der Waals surface area (Å²) in [7, 11) is 0. The lowest BCUT2D eigenvalue weighted by molar-refractivity contribution is 0.571. The lowest BCUT2D eigenvalue weighted by Crippen LogP contribution is -2.20. The third kappa shape index (κ3) is 3.12. The van der Waals surface area contributed by atoms with Crippen molar-refractivity contribution in [3.8, 4) is 11.6 Å². The molecule has 5 nitrogen and oxygen atoms in total. The Morgan fingerprint density at radius 3 is 2.76 bits per heavy atom. The highest BCUT2D eigenvalue weighted by atomic mass is 127. The molecule has 0 atom stereocenters. The van der Waals surface area contributed by atoms with Crippen molar-refractivity contribution in [3.63, 3.8) is 0 Å². The van der Waals surface area contributed by atoms with Crippen molar-refractivity contribution < 1.29 is 4.42 Å². The maximum atomic E-state index is 12.9. The van der Waals surface area contributed by atoms with Gasteiger partial charge in [-0.2, -0.15) is 9.78 Å². The van der Waals surface area contributed by atoms with Gasteiger partial charge in [0.25, 0.3) is 5.56 Å². The van der Waals surface area contributed by atoms with Crippen LogP contribution in [0.4, 0.5) is 0 Å². The molecule has 6 heteroatoms. The highest BCUT2D eigenvalue weighted by Crippen LogP contribution is 2.19. The maximum Gasteiger partial charge on any atom is 0.282 e. The smallest absolute Gasteiger partial charge is 0.282 e. The zero-order valence-electron chi connectivity index (χ0n) is 13.0.